The fourth-order valence-electron chi connectivity index (χ4n) is 2.04. The van der Waals surface area contributed by atoms with Crippen LogP contribution in [0.3, 0.4) is 0 Å². The molecule has 1 heterocycles. The van der Waals surface area contributed by atoms with Gasteiger partial charge in [0, 0.05) is 6.54 Å². The van der Waals surface area contributed by atoms with E-state index in [1.165, 1.54) is 0 Å². The van der Waals surface area contributed by atoms with Gasteiger partial charge in [0.1, 0.15) is 0 Å². The maximum absolute atomic E-state index is 11.6. The lowest BCUT2D eigenvalue weighted by Gasteiger charge is -2.37. The molecule has 0 aromatic rings. The summed E-state index contributed by atoms with van der Waals surface area (Å²) in [5.74, 6) is 0.558. The first-order chi connectivity index (χ1) is 6.95. The standard InChI is InChI=1S/C12H23NO2/c1-5-15-11(14)9-6-10(8-13-7-9)12(2,3)4/h9-10,13H,5-8H2,1-4H3/t9-,10+/m0/s1. The quantitative estimate of drug-likeness (QED) is 0.711. The molecule has 88 valence electrons. The summed E-state index contributed by atoms with van der Waals surface area (Å²) in [5, 5.41) is 3.33. The van der Waals surface area contributed by atoms with E-state index in [0.29, 0.717) is 12.5 Å². The fourth-order valence-corrected chi connectivity index (χ4v) is 2.04. The SMILES string of the molecule is CCOC(=O)[C@@H]1CNC[C@H](C(C)(C)C)C1. The Kier molecular flexibility index (Phi) is 4.14. The Bertz CT molecular complexity index is 220. The van der Waals surface area contributed by atoms with Gasteiger partial charge in [-0.2, -0.15) is 0 Å². The zero-order chi connectivity index (χ0) is 11.5. The van der Waals surface area contributed by atoms with E-state index >= 15 is 0 Å². The molecule has 1 aliphatic rings. The molecule has 0 aromatic heterocycles. The number of carbonyl (C=O) groups is 1. The highest BCUT2D eigenvalue weighted by molar-refractivity contribution is 5.72. The Morgan fingerprint density at radius 1 is 1.40 bits per heavy atom. The molecule has 1 aliphatic heterocycles. The van der Waals surface area contributed by atoms with Crippen LogP contribution in [0.5, 0.6) is 0 Å². The van der Waals surface area contributed by atoms with E-state index in [9.17, 15) is 4.79 Å². The van der Waals surface area contributed by atoms with Crippen LogP contribution in [-0.2, 0) is 9.53 Å². The average Bonchev–Trinajstić information content (AvgIpc) is 2.17. The zero-order valence-corrected chi connectivity index (χ0v) is 10.3. The Balaban J connectivity index is 2.52. The summed E-state index contributed by atoms with van der Waals surface area (Å²) >= 11 is 0. The molecule has 1 N–H and O–H groups in total. The van der Waals surface area contributed by atoms with Crippen molar-refractivity contribution in [2.24, 2.45) is 17.3 Å². The van der Waals surface area contributed by atoms with Gasteiger partial charge in [0.2, 0.25) is 0 Å². The van der Waals surface area contributed by atoms with Crippen molar-refractivity contribution in [1.29, 1.82) is 0 Å². The third-order valence-electron chi connectivity index (χ3n) is 3.20. The van der Waals surface area contributed by atoms with E-state index in [4.69, 9.17) is 4.74 Å². The average molecular weight is 213 g/mol. The predicted molar refractivity (Wildman–Crippen MR) is 60.6 cm³/mol. The fraction of sp³-hybridized carbons (Fsp3) is 0.917. The van der Waals surface area contributed by atoms with Gasteiger partial charge in [-0.15, -0.1) is 0 Å². The molecule has 0 radical (unpaired) electrons. The molecule has 0 aliphatic carbocycles. The molecule has 1 fully saturated rings. The van der Waals surface area contributed by atoms with Crippen molar-refractivity contribution in [3.63, 3.8) is 0 Å². The second-order valence-electron chi connectivity index (χ2n) is 5.41. The van der Waals surface area contributed by atoms with E-state index in [1.54, 1.807) is 0 Å². The number of hydrogen-bond donors (Lipinski definition) is 1. The molecule has 1 rings (SSSR count). The topological polar surface area (TPSA) is 38.3 Å². The highest BCUT2D eigenvalue weighted by atomic mass is 16.5. The van der Waals surface area contributed by atoms with E-state index in [-0.39, 0.29) is 17.3 Å². The monoisotopic (exact) mass is 213 g/mol. The largest absolute Gasteiger partial charge is 0.466 e. The number of hydrogen-bond acceptors (Lipinski definition) is 3. The van der Waals surface area contributed by atoms with Crippen molar-refractivity contribution >= 4 is 5.97 Å². The van der Waals surface area contributed by atoms with Gasteiger partial charge in [-0.05, 0) is 31.2 Å². The van der Waals surface area contributed by atoms with Crippen molar-refractivity contribution in [1.82, 2.24) is 5.32 Å². The number of rotatable bonds is 2. The van der Waals surface area contributed by atoms with Gasteiger partial charge in [0.05, 0.1) is 12.5 Å². The third kappa shape index (κ3) is 3.49. The molecule has 3 nitrogen and oxygen atoms in total. The molecule has 0 amide bonds. The first-order valence-electron chi connectivity index (χ1n) is 5.82. The molecule has 0 aromatic carbocycles. The van der Waals surface area contributed by atoms with Crippen molar-refractivity contribution in [3.8, 4) is 0 Å². The van der Waals surface area contributed by atoms with E-state index in [1.807, 2.05) is 6.92 Å². The highest BCUT2D eigenvalue weighted by Gasteiger charge is 2.33. The Morgan fingerprint density at radius 2 is 2.07 bits per heavy atom. The first kappa shape index (κ1) is 12.5. The summed E-state index contributed by atoms with van der Waals surface area (Å²) in [6.07, 6.45) is 0.954. The van der Waals surface area contributed by atoms with E-state index < -0.39 is 0 Å². The maximum Gasteiger partial charge on any atom is 0.310 e. The molecule has 0 spiro atoms. The molecular formula is C12H23NO2. The van der Waals surface area contributed by atoms with Gasteiger partial charge in [-0.3, -0.25) is 4.79 Å². The number of piperidine rings is 1. The van der Waals surface area contributed by atoms with Crippen LogP contribution in [0.4, 0.5) is 0 Å². The van der Waals surface area contributed by atoms with Gasteiger partial charge in [-0.1, -0.05) is 20.8 Å². The first-order valence-corrected chi connectivity index (χ1v) is 5.82. The lowest BCUT2D eigenvalue weighted by atomic mass is 9.74. The van der Waals surface area contributed by atoms with Gasteiger partial charge in [-0.25, -0.2) is 0 Å². The van der Waals surface area contributed by atoms with E-state index in [2.05, 4.69) is 26.1 Å². The van der Waals surface area contributed by atoms with Crippen LogP contribution in [-0.4, -0.2) is 25.7 Å². The minimum atomic E-state index is -0.0426. The molecule has 15 heavy (non-hydrogen) atoms. The minimum absolute atomic E-state index is 0.0426. The summed E-state index contributed by atoms with van der Waals surface area (Å²) in [6, 6.07) is 0. The Morgan fingerprint density at radius 3 is 2.60 bits per heavy atom. The molecule has 0 bridgehead atoms. The number of ether oxygens (including phenoxy) is 1. The second-order valence-corrected chi connectivity index (χ2v) is 5.41. The third-order valence-corrected chi connectivity index (χ3v) is 3.20. The summed E-state index contributed by atoms with van der Waals surface area (Å²) < 4.78 is 5.06. The van der Waals surface area contributed by atoms with Crippen LogP contribution in [0.2, 0.25) is 0 Å². The summed E-state index contributed by atoms with van der Waals surface area (Å²) in [7, 11) is 0. The van der Waals surface area contributed by atoms with Crippen LogP contribution < -0.4 is 5.32 Å². The number of esters is 1. The zero-order valence-electron chi connectivity index (χ0n) is 10.3. The maximum atomic E-state index is 11.6. The van der Waals surface area contributed by atoms with Crippen LogP contribution in [0, 0.1) is 17.3 Å². The smallest absolute Gasteiger partial charge is 0.310 e. The summed E-state index contributed by atoms with van der Waals surface area (Å²) in [4.78, 5) is 11.6. The van der Waals surface area contributed by atoms with Gasteiger partial charge in [0.25, 0.3) is 0 Å². The predicted octanol–water partition coefficient (Wildman–Crippen LogP) is 1.82. The summed E-state index contributed by atoms with van der Waals surface area (Å²) in [5.41, 5.74) is 0.262. The van der Waals surface area contributed by atoms with E-state index in [0.717, 1.165) is 19.5 Å². The minimum Gasteiger partial charge on any atom is -0.466 e. The molecular weight excluding hydrogens is 190 g/mol. The normalized spacial score (nSPS) is 27.5. The van der Waals surface area contributed by atoms with Crippen molar-refractivity contribution in [2.75, 3.05) is 19.7 Å². The molecule has 0 saturated carbocycles. The van der Waals surface area contributed by atoms with Crippen molar-refractivity contribution in [2.45, 2.75) is 34.1 Å². The van der Waals surface area contributed by atoms with Crippen LogP contribution >= 0.6 is 0 Å². The number of carbonyl (C=O) groups excluding carboxylic acids is 1. The highest BCUT2D eigenvalue weighted by Crippen LogP contribution is 2.33. The van der Waals surface area contributed by atoms with Gasteiger partial charge in [0.15, 0.2) is 0 Å². The molecule has 2 atom stereocenters. The van der Waals surface area contributed by atoms with Crippen LogP contribution in [0.1, 0.15) is 34.1 Å². The lowest BCUT2D eigenvalue weighted by Crippen LogP contribution is -2.44. The van der Waals surface area contributed by atoms with Gasteiger partial charge < -0.3 is 10.1 Å². The molecule has 1 saturated heterocycles. The Hall–Kier alpha value is -0.570. The lowest BCUT2D eigenvalue weighted by molar-refractivity contribution is -0.149. The Labute approximate surface area is 92.6 Å². The van der Waals surface area contributed by atoms with Crippen molar-refractivity contribution < 1.29 is 9.53 Å². The molecule has 3 heteroatoms. The molecule has 0 unspecified atom stereocenters. The van der Waals surface area contributed by atoms with Crippen molar-refractivity contribution in [3.05, 3.63) is 0 Å². The van der Waals surface area contributed by atoms with Gasteiger partial charge >= 0.3 is 5.97 Å². The number of nitrogens with one attached hydrogen (secondary N) is 1. The van der Waals surface area contributed by atoms with Crippen LogP contribution in [0.15, 0.2) is 0 Å². The second kappa shape index (κ2) is 4.97. The van der Waals surface area contributed by atoms with Crippen LogP contribution in [0.25, 0.3) is 0 Å². The summed E-state index contributed by atoms with van der Waals surface area (Å²) in [6.45, 7) is 10.8.